The number of pyridine rings is 3. The first-order valence-corrected chi connectivity index (χ1v) is 9.81. The average molecular weight is 387 g/mol. The summed E-state index contributed by atoms with van der Waals surface area (Å²) in [6.07, 6.45) is 10.8. The van der Waals surface area contributed by atoms with Gasteiger partial charge in [0.1, 0.15) is 0 Å². The van der Waals surface area contributed by atoms with E-state index in [0.29, 0.717) is 22.9 Å². The van der Waals surface area contributed by atoms with Gasteiger partial charge in [0.05, 0.1) is 35.2 Å². The lowest BCUT2D eigenvalue weighted by molar-refractivity contribution is 0.414. The summed E-state index contributed by atoms with van der Waals surface area (Å²) in [6, 6.07) is 7.65. The molecular weight excluding hydrogens is 362 g/mol. The van der Waals surface area contributed by atoms with Crippen LogP contribution in [0.3, 0.4) is 0 Å². The van der Waals surface area contributed by atoms with Crippen LogP contribution < -0.4 is 16.4 Å². The highest BCUT2D eigenvalue weighted by Gasteiger charge is 2.19. The highest BCUT2D eigenvalue weighted by atomic mass is 15.1. The Bertz CT molecular complexity index is 995. The summed E-state index contributed by atoms with van der Waals surface area (Å²) < 4.78 is 0. The van der Waals surface area contributed by atoms with E-state index < -0.39 is 0 Å². The number of nitrogens with zero attached hydrogens (tertiary/aromatic N) is 4. The van der Waals surface area contributed by atoms with E-state index in [1.807, 2.05) is 30.5 Å². The minimum Gasteiger partial charge on any atom is -0.397 e. The summed E-state index contributed by atoms with van der Waals surface area (Å²) in [4.78, 5) is 15.2. The molecular formula is C22H25N7. The van der Waals surface area contributed by atoms with Gasteiger partial charge in [-0.15, -0.1) is 0 Å². The first-order chi connectivity index (χ1) is 14.2. The first-order valence-electron chi connectivity index (χ1n) is 9.81. The zero-order chi connectivity index (χ0) is 20.2. The lowest BCUT2D eigenvalue weighted by atomic mass is 9.96. The quantitative estimate of drug-likeness (QED) is 0.579. The largest absolute Gasteiger partial charge is 0.397 e. The Labute approximate surface area is 170 Å². The van der Waals surface area contributed by atoms with E-state index in [4.69, 9.17) is 16.9 Å². The summed E-state index contributed by atoms with van der Waals surface area (Å²) in [7, 11) is 0. The molecule has 3 aromatic heterocycles. The van der Waals surface area contributed by atoms with Crippen molar-refractivity contribution in [2.45, 2.75) is 12.8 Å². The van der Waals surface area contributed by atoms with Gasteiger partial charge in [-0.1, -0.05) is 0 Å². The van der Waals surface area contributed by atoms with E-state index in [-0.39, 0.29) is 0 Å². The number of nitrogens with one attached hydrogen (secondary N) is 1. The van der Waals surface area contributed by atoms with Gasteiger partial charge in [0.25, 0.3) is 0 Å². The summed E-state index contributed by atoms with van der Waals surface area (Å²) in [5.74, 6) is 0.600. The third-order valence-corrected chi connectivity index (χ3v) is 5.49. The maximum atomic E-state index is 8.74. The van der Waals surface area contributed by atoms with E-state index in [9.17, 15) is 0 Å². The van der Waals surface area contributed by atoms with Crippen LogP contribution in [0, 0.1) is 11.3 Å². The van der Waals surface area contributed by atoms with Crippen molar-refractivity contribution in [3.05, 3.63) is 66.4 Å². The van der Waals surface area contributed by atoms with Crippen molar-refractivity contribution in [3.63, 3.8) is 0 Å². The minimum absolute atomic E-state index is 0.334. The van der Waals surface area contributed by atoms with Crippen LogP contribution in [0.4, 0.5) is 11.4 Å². The van der Waals surface area contributed by atoms with Crippen LogP contribution in [0.25, 0.3) is 11.3 Å². The molecule has 0 amide bonds. The monoisotopic (exact) mass is 387 g/mol. The highest BCUT2D eigenvalue weighted by Crippen LogP contribution is 2.26. The predicted octanol–water partition coefficient (Wildman–Crippen LogP) is 2.71. The fourth-order valence-electron chi connectivity index (χ4n) is 3.67. The maximum Gasteiger partial charge on any atom is 0.0725 e. The molecule has 0 radical (unpaired) electrons. The van der Waals surface area contributed by atoms with Crippen molar-refractivity contribution in [1.29, 1.82) is 5.41 Å². The van der Waals surface area contributed by atoms with Gasteiger partial charge in [0, 0.05) is 48.4 Å². The second kappa shape index (κ2) is 8.36. The third-order valence-electron chi connectivity index (χ3n) is 5.49. The number of rotatable bonds is 5. The van der Waals surface area contributed by atoms with Gasteiger partial charge >= 0.3 is 0 Å². The molecule has 0 unspecified atom stereocenters. The van der Waals surface area contributed by atoms with Crippen LogP contribution in [0.2, 0.25) is 0 Å². The number of nitrogen functional groups attached to an aromatic ring is 1. The van der Waals surface area contributed by atoms with E-state index in [1.54, 1.807) is 24.8 Å². The van der Waals surface area contributed by atoms with Crippen LogP contribution in [0.1, 0.15) is 24.0 Å². The van der Waals surface area contributed by atoms with Crippen LogP contribution in [0.5, 0.6) is 0 Å². The molecule has 0 spiro atoms. The lowest BCUT2D eigenvalue weighted by Gasteiger charge is -2.33. The predicted molar refractivity (Wildman–Crippen MR) is 116 cm³/mol. The number of piperidine rings is 1. The van der Waals surface area contributed by atoms with E-state index in [2.05, 4.69) is 19.9 Å². The summed E-state index contributed by atoms with van der Waals surface area (Å²) >= 11 is 0. The molecule has 0 saturated carbocycles. The van der Waals surface area contributed by atoms with Crippen molar-refractivity contribution >= 4 is 17.1 Å². The zero-order valence-corrected chi connectivity index (χ0v) is 16.3. The maximum absolute atomic E-state index is 8.74. The average Bonchev–Trinajstić information content (AvgIpc) is 2.79. The molecule has 7 heteroatoms. The van der Waals surface area contributed by atoms with E-state index in [0.717, 1.165) is 55.0 Å². The Balaban J connectivity index is 1.60. The van der Waals surface area contributed by atoms with Gasteiger partial charge in [-0.05, 0) is 49.6 Å². The second-order valence-corrected chi connectivity index (χ2v) is 7.37. The van der Waals surface area contributed by atoms with Crippen molar-refractivity contribution in [3.8, 4) is 11.3 Å². The van der Waals surface area contributed by atoms with Crippen molar-refractivity contribution in [2.24, 2.45) is 11.7 Å². The van der Waals surface area contributed by atoms with Gasteiger partial charge in [0.2, 0.25) is 0 Å². The van der Waals surface area contributed by atoms with Gasteiger partial charge in [-0.25, -0.2) is 0 Å². The van der Waals surface area contributed by atoms with Crippen molar-refractivity contribution in [2.75, 3.05) is 30.3 Å². The molecule has 4 rings (SSSR count). The van der Waals surface area contributed by atoms with Crippen LogP contribution in [-0.4, -0.2) is 40.3 Å². The van der Waals surface area contributed by atoms with Crippen LogP contribution >= 0.6 is 0 Å². The van der Waals surface area contributed by atoms with Crippen molar-refractivity contribution < 1.29 is 0 Å². The molecule has 29 heavy (non-hydrogen) atoms. The number of hydrogen-bond donors (Lipinski definition) is 3. The Kier molecular flexibility index (Phi) is 5.48. The smallest absolute Gasteiger partial charge is 0.0725 e. The van der Waals surface area contributed by atoms with E-state index >= 15 is 0 Å². The summed E-state index contributed by atoms with van der Waals surface area (Å²) in [5, 5.41) is 8.74. The Morgan fingerprint density at radius 1 is 1.10 bits per heavy atom. The van der Waals surface area contributed by atoms with Gasteiger partial charge < -0.3 is 16.4 Å². The molecule has 0 aromatic carbocycles. The Hall–Kier alpha value is -3.32. The SMILES string of the molecule is N=C(c1cncc(N2CCC(CN)CC2)c1)c1cc(-c2cccnc2)ncc1N. The Morgan fingerprint density at radius 3 is 2.66 bits per heavy atom. The zero-order valence-electron chi connectivity index (χ0n) is 16.3. The second-order valence-electron chi connectivity index (χ2n) is 7.37. The molecule has 3 aromatic rings. The third kappa shape index (κ3) is 4.09. The molecule has 0 aliphatic carbocycles. The molecule has 5 N–H and O–H groups in total. The number of aromatic nitrogens is 3. The fraction of sp³-hybridized carbons (Fsp3) is 0.273. The topological polar surface area (TPSA) is 118 Å². The van der Waals surface area contributed by atoms with Crippen LogP contribution in [0.15, 0.2) is 55.2 Å². The summed E-state index contributed by atoms with van der Waals surface area (Å²) in [5.41, 5.74) is 16.8. The van der Waals surface area contributed by atoms with Crippen LogP contribution in [-0.2, 0) is 0 Å². The molecule has 0 atom stereocenters. The van der Waals surface area contributed by atoms with Gasteiger partial charge in [-0.2, -0.15) is 0 Å². The minimum atomic E-state index is 0.334. The lowest BCUT2D eigenvalue weighted by Crippen LogP contribution is -2.36. The molecule has 1 saturated heterocycles. The number of anilines is 2. The first kappa shape index (κ1) is 19.0. The normalized spacial score (nSPS) is 14.7. The summed E-state index contributed by atoms with van der Waals surface area (Å²) in [6.45, 7) is 2.67. The molecule has 4 heterocycles. The molecule has 1 aliphatic heterocycles. The van der Waals surface area contributed by atoms with Crippen molar-refractivity contribution in [1.82, 2.24) is 15.0 Å². The Morgan fingerprint density at radius 2 is 1.93 bits per heavy atom. The fourth-order valence-corrected chi connectivity index (χ4v) is 3.67. The molecule has 1 aliphatic rings. The highest BCUT2D eigenvalue weighted by molar-refractivity contribution is 6.14. The molecule has 1 fully saturated rings. The molecule has 7 nitrogen and oxygen atoms in total. The molecule has 148 valence electrons. The van der Waals surface area contributed by atoms with E-state index in [1.165, 1.54) is 0 Å². The standard InChI is InChI=1S/C22H25N7/c23-10-15-3-6-29(7-4-15)18-8-17(12-27-13-18)22(25)19-9-21(28-14-20(19)24)16-2-1-5-26-11-16/h1-2,5,8-9,11-15,25H,3-4,6-7,10,23-24H2. The number of hydrogen-bond acceptors (Lipinski definition) is 7. The molecule has 0 bridgehead atoms. The van der Waals surface area contributed by atoms with Gasteiger partial charge in [-0.3, -0.25) is 20.4 Å². The number of nitrogens with two attached hydrogens (primary N) is 2. The van der Waals surface area contributed by atoms with Gasteiger partial charge in [0.15, 0.2) is 0 Å².